The molecule has 0 heterocycles. The van der Waals surface area contributed by atoms with E-state index in [2.05, 4.69) is 0 Å². The third-order valence-electron chi connectivity index (χ3n) is 5.06. The molecule has 0 radical (unpaired) electrons. The molecule has 0 unspecified atom stereocenters. The minimum atomic E-state index is -2.08. The number of anilines is 1. The number of carboxylic acids is 1. The van der Waals surface area contributed by atoms with E-state index < -0.39 is 29.4 Å². The summed E-state index contributed by atoms with van der Waals surface area (Å²) in [4.78, 5) is 38.8. The molecule has 0 saturated carbocycles. The van der Waals surface area contributed by atoms with Crippen molar-refractivity contribution in [2.75, 3.05) is 4.90 Å². The molecule has 3 aromatic carbocycles. The van der Waals surface area contributed by atoms with Crippen LogP contribution < -0.4 is 10.6 Å². The van der Waals surface area contributed by atoms with Crippen molar-refractivity contribution in [3.8, 4) is 0 Å². The van der Waals surface area contributed by atoms with Crippen LogP contribution in [0.2, 0.25) is 0 Å². The first-order valence-electron chi connectivity index (χ1n) is 9.77. The van der Waals surface area contributed by atoms with Gasteiger partial charge >= 0.3 is 11.9 Å². The Labute approximate surface area is 180 Å². The number of amides is 1. The van der Waals surface area contributed by atoms with E-state index in [1.165, 1.54) is 13.8 Å². The Balaban J connectivity index is 1.90. The number of hydrogen-bond acceptors (Lipinski definition) is 5. The summed E-state index contributed by atoms with van der Waals surface area (Å²) < 4.78 is 5.25. The van der Waals surface area contributed by atoms with Gasteiger partial charge < -0.3 is 15.6 Å². The van der Waals surface area contributed by atoms with Gasteiger partial charge in [0.25, 0.3) is 5.91 Å². The molecule has 31 heavy (non-hydrogen) atoms. The van der Waals surface area contributed by atoms with Gasteiger partial charge in [-0.15, -0.1) is 0 Å². The lowest BCUT2D eigenvalue weighted by molar-refractivity contribution is -0.155. The van der Waals surface area contributed by atoms with Gasteiger partial charge in [-0.1, -0.05) is 60.7 Å². The zero-order chi connectivity index (χ0) is 22.6. The van der Waals surface area contributed by atoms with E-state index in [0.29, 0.717) is 5.69 Å². The average Bonchev–Trinajstić information content (AvgIpc) is 2.77. The Hall–Kier alpha value is -3.71. The fourth-order valence-corrected chi connectivity index (χ4v) is 3.16. The highest BCUT2D eigenvalue weighted by atomic mass is 16.5. The third-order valence-corrected chi connectivity index (χ3v) is 5.06. The highest BCUT2D eigenvalue weighted by molar-refractivity contribution is 6.15. The van der Waals surface area contributed by atoms with Crippen LogP contribution in [0.15, 0.2) is 72.8 Å². The molecule has 0 saturated heterocycles. The highest BCUT2D eigenvalue weighted by Crippen LogP contribution is 2.26. The van der Waals surface area contributed by atoms with Crippen molar-refractivity contribution in [3.63, 3.8) is 0 Å². The molecule has 1 amide bonds. The van der Waals surface area contributed by atoms with Crippen molar-refractivity contribution in [1.82, 2.24) is 0 Å². The van der Waals surface area contributed by atoms with E-state index in [9.17, 15) is 19.5 Å². The van der Waals surface area contributed by atoms with Crippen molar-refractivity contribution >= 4 is 34.3 Å². The van der Waals surface area contributed by atoms with Crippen LogP contribution in [-0.2, 0) is 25.7 Å². The molecule has 7 heteroatoms. The molecule has 3 N–H and O–H groups in total. The zero-order valence-electron chi connectivity index (χ0n) is 17.3. The second-order valence-corrected chi connectivity index (χ2v) is 7.48. The number of nitrogens with zero attached hydrogens (tertiary/aromatic N) is 1. The summed E-state index contributed by atoms with van der Waals surface area (Å²) >= 11 is 0. The molecule has 160 valence electrons. The van der Waals surface area contributed by atoms with Crippen LogP contribution in [0.25, 0.3) is 10.8 Å². The molecule has 3 aromatic rings. The Morgan fingerprint density at radius 1 is 1.00 bits per heavy atom. The first-order valence-corrected chi connectivity index (χ1v) is 9.77. The van der Waals surface area contributed by atoms with Crippen LogP contribution >= 0.6 is 0 Å². The molecule has 0 aliphatic rings. The molecular formula is C24H24N2O5. The number of esters is 1. The molecule has 2 atom stereocenters. The first-order chi connectivity index (χ1) is 14.7. The maximum absolute atomic E-state index is 13.3. The summed E-state index contributed by atoms with van der Waals surface area (Å²) in [7, 11) is 0. The maximum Gasteiger partial charge on any atom is 0.336 e. The van der Waals surface area contributed by atoms with Crippen molar-refractivity contribution in [2.24, 2.45) is 5.73 Å². The second kappa shape index (κ2) is 8.97. The largest absolute Gasteiger partial charge is 0.480 e. The van der Waals surface area contributed by atoms with Gasteiger partial charge in [0.1, 0.15) is 12.6 Å². The molecule has 3 rings (SSSR count). The number of fused-ring (bicyclic) bond motifs is 1. The van der Waals surface area contributed by atoms with E-state index in [0.717, 1.165) is 21.2 Å². The van der Waals surface area contributed by atoms with Crippen LogP contribution in [0.1, 0.15) is 19.4 Å². The quantitative estimate of drug-likeness (QED) is 0.449. The summed E-state index contributed by atoms with van der Waals surface area (Å²) in [6.45, 7) is 2.54. The summed E-state index contributed by atoms with van der Waals surface area (Å²) in [5.41, 5.74) is 5.08. The van der Waals surface area contributed by atoms with Crippen molar-refractivity contribution in [1.29, 1.82) is 0 Å². The summed E-state index contributed by atoms with van der Waals surface area (Å²) in [6.07, 6.45) is 0. The molecule has 0 fully saturated rings. The fraction of sp³-hybridized carbons (Fsp3) is 0.208. The Morgan fingerprint density at radius 2 is 1.61 bits per heavy atom. The molecule has 7 nitrogen and oxygen atoms in total. The number of carbonyl (C=O) groups excluding carboxylic acids is 2. The van der Waals surface area contributed by atoms with Crippen molar-refractivity contribution in [3.05, 3.63) is 78.4 Å². The SMILES string of the molecule is C[C@H](C(=O)O)N(C(=O)[C@@](C)(N)C(=O)OCc1ccccc1)c1ccc2ccccc2c1. The van der Waals surface area contributed by atoms with E-state index in [1.807, 2.05) is 30.3 Å². The van der Waals surface area contributed by atoms with Crippen LogP contribution in [0, 0.1) is 0 Å². The topological polar surface area (TPSA) is 110 Å². The summed E-state index contributed by atoms with van der Waals surface area (Å²) in [5.74, 6) is -3.03. The molecule has 0 aliphatic heterocycles. The van der Waals surface area contributed by atoms with E-state index >= 15 is 0 Å². The van der Waals surface area contributed by atoms with Gasteiger partial charge in [0.05, 0.1) is 0 Å². The number of carbonyl (C=O) groups is 3. The predicted molar refractivity (Wildman–Crippen MR) is 117 cm³/mol. The summed E-state index contributed by atoms with van der Waals surface area (Å²) in [5, 5.41) is 11.3. The number of hydrogen-bond donors (Lipinski definition) is 2. The lowest BCUT2D eigenvalue weighted by Gasteiger charge is -2.33. The smallest absolute Gasteiger partial charge is 0.336 e. The number of benzene rings is 3. The van der Waals surface area contributed by atoms with Gasteiger partial charge in [-0.2, -0.15) is 0 Å². The monoisotopic (exact) mass is 420 g/mol. The van der Waals surface area contributed by atoms with Crippen molar-refractivity contribution in [2.45, 2.75) is 32.0 Å². The molecular weight excluding hydrogens is 396 g/mol. The average molecular weight is 420 g/mol. The highest BCUT2D eigenvalue weighted by Gasteiger charge is 2.44. The van der Waals surface area contributed by atoms with Gasteiger partial charge in [0.2, 0.25) is 0 Å². The number of rotatable bonds is 7. The maximum atomic E-state index is 13.3. The van der Waals surface area contributed by atoms with Gasteiger partial charge in [-0.3, -0.25) is 9.69 Å². The molecule has 0 spiro atoms. The number of nitrogens with two attached hydrogens (primary N) is 1. The van der Waals surface area contributed by atoms with Gasteiger partial charge in [0, 0.05) is 5.69 Å². The number of ether oxygens (including phenoxy) is 1. The standard InChI is InChI=1S/C24H24N2O5/c1-16(21(27)28)26(20-13-12-18-10-6-7-11-19(18)14-20)22(29)24(2,25)23(30)31-15-17-8-4-3-5-9-17/h3-14,16H,15,25H2,1-2H3,(H,27,28)/t16-,24-/m1/s1. The Bertz CT molecular complexity index is 1110. The lowest BCUT2D eigenvalue weighted by atomic mass is 9.99. The number of aliphatic carboxylic acids is 1. The van der Waals surface area contributed by atoms with Crippen molar-refractivity contribution < 1.29 is 24.2 Å². The van der Waals surface area contributed by atoms with Crippen LogP contribution in [0.4, 0.5) is 5.69 Å². The third kappa shape index (κ3) is 4.73. The minimum absolute atomic E-state index is 0.0514. The summed E-state index contributed by atoms with van der Waals surface area (Å²) in [6, 6.07) is 20.3. The molecule has 0 aliphatic carbocycles. The van der Waals surface area contributed by atoms with Gasteiger partial charge in [-0.25, -0.2) is 9.59 Å². The second-order valence-electron chi connectivity index (χ2n) is 7.48. The van der Waals surface area contributed by atoms with E-state index in [1.54, 1.807) is 42.5 Å². The molecule has 0 bridgehead atoms. The predicted octanol–water partition coefficient (Wildman–Crippen LogP) is 3.11. The van der Waals surface area contributed by atoms with E-state index in [4.69, 9.17) is 10.5 Å². The normalized spacial score (nSPS) is 13.8. The first kappa shape index (κ1) is 22.0. The van der Waals surface area contributed by atoms with Crippen LogP contribution in [0.5, 0.6) is 0 Å². The zero-order valence-corrected chi connectivity index (χ0v) is 17.3. The van der Waals surface area contributed by atoms with E-state index in [-0.39, 0.29) is 6.61 Å². The fourth-order valence-electron chi connectivity index (χ4n) is 3.16. The van der Waals surface area contributed by atoms with Gasteiger partial charge in [-0.05, 0) is 42.3 Å². The Kier molecular flexibility index (Phi) is 6.36. The van der Waals surface area contributed by atoms with Crippen LogP contribution in [-0.4, -0.2) is 34.5 Å². The number of carboxylic acid groups (broad SMARTS) is 1. The van der Waals surface area contributed by atoms with Gasteiger partial charge in [0.15, 0.2) is 5.54 Å². The minimum Gasteiger partial charge on any atom is -0.480 e. The lowest BCUT2D eigenvalue weighted by Crippen LogP contribution is -2.62. The Morgan fingerprint density at radius 3 is 2.26 bits per heavy atom. The van der Waals surface area contributed by atoms with Crippen LogP contribution in [0.3, 0.4) is 0 Å². The molecule has 0 aromatic heterocycles.